The molecular weight excluding hydrogens is 404 g/mol. The number of ketones is 1. The van der Waals surface area contributed by atoms with Gasteiger partial charge in [-0.2, -0.15) is 0 Å². The van der Waals surface area contributed by atoms with Gasteiger partial charge in [0.25, 0.3) is 0 Å². The molecule has 3 aromatic rings. The first-order valence-electron chi connectivity index (χ1n) is 9.87. The highest BCUT2D eigenvalue weighted by Crippen LogP contribution is 2.19. The number of fused-ring (bicyclic) bond motifs is 1. The SMILES string of the molecule is Cl.O=C(CCN1CCN(Cc2ccccc2)CC1)c1cc2ccc(O)cc2oc1=O. The normalized spacial score (nSPS) is 15.1. The Morgan fingerprint density at radius 3 is 2.40 bits per heavy atom. The molecule has 1 fully saturated rings. The van der Waals surface area contributed by atoms with Gasteiger partial charge >= 0.3 is 5.63 Å². The molecule has 2 heterocycles. The number of Topliss-reactive ketones (excluding diaryl/α,β-unsaturated/α-hetero) is 1. The van der Waals surface area contributed by atoms with Crippen LogP contribution in [-0.2, 0) is 6.54 Å². The number of phenolic OH excluding ortho intramolecular Hbond substituents is 1. The number of hydrogen-bond donors (Lipinski definition) is 1. The van der Waals surface area contributed by atoms with Gasteiger partial charge in [0, 0.05) is 57.1 Å². The summed E-state index contributed by atoms with van der Waals surface area (Å²) in [6.45, 7) is 5.32. The van der Waals surface area contributed by atoms with Crippen molar-refractivity contribution < 1.29 is 14.3 Å². The number of nitrogens with zero attached hydrogens (tertiary/aromatic N) is 2. The molecule has 0 radical (unpaired) electrons. The fraction of sp³-hybridized carbons (Fsp3) is 0.304. The standard InChI is InChI=1S/C23H24N2O4.ClH/c26-19-7-6-18-14-20(23(28)29-22(18)15-19)21(27)8-9-24-10-12-25(13-11-24)16-17-4-2-1-3-5-17;/h1-7,14-15,26H,8-13,16H2;1H. The van der Waals surface area contributed by atoms with Gasteiger partial charge in [0.2, 0.25) is 0 Å². The summed E-state index contributed by atoms with van der Waals surface area (Å²) in [6, 6.07) is 16.5. The summed E-state index contributed by atoms with van der Waals surface area (Å²) < 4.78 is 5.20. The molecule has 1 N–H and O–H groups in total. The van der Waals surface area contributed by atoms with E-state index < -0.39 is 5.63 Å². The molecule has 1 aromatic heterocycles. The molecule has 1 aliphatic heterocycles. The molecule has 4 rings (SSSR count). The lowest BCUT2D eigenvalue weighted by Gasteiger charge is -2.34. The van der Waals surface area contributed by atoms with Gasteiger partial charge in [-0.15, -0.1) is 12.4 Å². The van der Waals surface area contributed by atoms with E-state index in [0.29, 0.717) is 11.9 Å². The summed E-state index contributed by atoms with van der Waals surface area (Å²) in [4.78, 5) is 29.4. The van der Waals surface area contributed by atoms with E-state index in [1.807, 2.05) is 6.07 Å². The van der Waals surface area contributed by atoms with Crippen molar-refractivity contribution in [1.29, 1.82) is 0 Å². The van der Waals surface area contributed by atoms with Gasteiger partial charge in [0.05, 0.1) is 0 Å². The van der Waals surface area contributed by atoms with Crippen molar-refractivity contribution in [2.45, 2.75) is 13.0 Å². The van der Waals surface area contributed by atoms with Crippen molar-refractivity contribution in [3.05, 3.63) is 76.1 Å². The summed E-state index contributed by atoms with van der Waals surface area (Å²) in [5, 5.41) is 10.1. The third kappa shape index (κ3) is 5.27. The van der Waals surface area contributed by atoms with Crippen LogP contribution in [0.25, 0.3) is 11.0 Å². The molecule has 0 spiro atoms. The third-order valence-corrected chi connectivity index (χ3v) is 5.39. The van der Waals surface area contributed by atoms with Crippen molar-refractivity contribution in [3.63, 3.8) is 0 Å². The Hall–Kier alpha value is -2.67. The molecule has 1 aliphatic rings. The summed E-state index contributed by atoms with van der Waals surface area (Å²) in [5.74, 6) is -0.188. The predicted molar refractivity (Wildman–Crippen MR) is 119 cm³/mol. The molecule has 0 unspecified atom stereocenters. The predicted octanol–water partition coefficient (Wildman–Crippen LogP) is 3.31. The summed E-state index contributed by atoms with van der Waals surface area (Å²) >= 11 is 0. The molecule has 6 nitrogen and oxygen atoms in total. The number of piperazine rings is 1. The second kappa shape index (κ2) is 9.89. The van der Waals surface area contributed by atoms with Crippen molar-refractivity contribution >= 4 is 29.2 Å². The maximum atomic E-state index is 12.6. The maximum absolute atomic E-state index is 12.6. The second-order valence-electron chi connectivity index (χ2n) is 7.45. The van der Waals surface area contributed by atoms with Crippen LogP contribution >= 0.6 is 12.4 Å². The van der Waals surface area contributed by atoms with Gasteiger partial charge in [-0.3, -0.25) is 9.69 Å². The van der Waals surface area contributed by atoms with Crippen molar-refractivity contribution in [3.8, 4) is 5.75 Å². The van der Waals surface area contributed by atoms with Crippen molar-refractivity contribution in [1.82, 2.24) is 9.80 Å². The smallest absolute Gasteiger partial charge is 0.347 e. The molecule has 0 amide bonds. The van der Waals surface area contributed by atoms with Crippen LogP contribution in [0, 0.1) is 0 Å². The molecule has 30 heavy (non-hydrogen) atoms. The molecule has 0 atom stereocenters. The summed E-state index contributed by atoms with van der Waals surface area (Å²) in [6.07, 6.45) is 0.285. The zero-order chi connectivity index (χ0) is 20.2. The van der Waals surface area contributed by atoms with Gasteiger partial charge in [-0.05, 0) is 23.8 Å². The highest BCUT2D eigenvalue weighted by Gasteiger charge is 2.19. The Balaban J connectivity index is 0.00000256. The highest BCUT2D eigenvalue weighted by atomic mass is 35.5. The van der Waals surface area contributed by atoms with Gasteiger partial charge in [0.15, 0.2) is 5.78 Å². The minimum absolute atomic E-state index is 0. The molecule has 2 aromatic carbocycles. The second-order valence-corrected chi connectivity index (χ2v) is 7.45. The molecule has 0 bridgehead atoms. The maximum Gasteiger partial charge on any atom is 0.347 e. The van der Waals surface area contributed by atoms with Gasteiger partial charge in [-0.25, -0.2) is 4.79 Å². The van der Waals surface area contributed by atoms with Crippen molar-refractivity contribution in [2.24, 2.45) is 0 Å². The zero-order valence-corrected chi connectivity index (χ0v) is 17.4. The Bertz CT molecular complexity index is 1060. The minimum atomic E-state index is -0.652. The van der Waals surface area contributed by atoms with Gasteiger partial charge in [0.1, 0.15) is 16.9 Å². The van der Waals surface area contributed by atoms with Crippen LogP contribution in [0.4, 0.5) is 0 Å². The zero-order valence-electron chi connectivity index (χ0n) is 16.6. The first-order chi connectivity index (χ1) is 14.1. The number of carbonyl (C=O) groups excluding carboxylic acids is 1. The molecule has 0 saturated carbocycles. The number of rotatable bonds is 6. The van der Waals surface area contributed by atoms with E-state index >= 15 is 0 Å². The fourth-order valence-electron chi connectivity index (χ4n) is 3.70. The van der Waals surface area contributed by atoms with E-state index in [9.17, 15) is 14.7 Å². The minimum Gasteiger partial charge on any atom is -0.508 e. The Kier molecular flexibility index (Phi) is 7.26. The Labute approximate surface area is 181 Å². The van der Waals surface area contributed by atoms with Crippen LogP contribution < -0.4 is 5.63 Å². The van der Waals surface area contributed by atoms with Crippen LogP contribution in [0.3, 0.4) is 0 Å². The average molecular weight is 429 g/mol. The van der Waals surface area contributed by atoms with Crippen LogP contribution in [0.2, 0.25) is 0 Å². The third-order valence-electron chi connectivity index (χ3n) is 5.39. The fourth-order valence-corrected chi connectivity index (χ4v) is 3.70. The summed E-state index contributed by atoms with van der Waals surface area (Å²) in [7, 11) is 0. The van der Waals surface area contributed by atoms with E-state index in [-0.39, 0.29) is 41.5 Å². The lowest BCUT2D eigenvalue weighted by Crippen LogP contribution is -2.46. The van der Waals surface area contributed by atoms with E-state index in [2.05, 4.69) is 34.1 Å². The van der Waals surface area contributed by atoms with E-state index in [4.69, 9.17) is 4.42 Å². The number of carbonyl (C=O) groups is 1. The lowest BCUT2D eigenvalue weighted by molar-refractivity contribution is 0.0919. The summed E-state index contributed by atoms with van der Waals surface area (Å²) in [5.41, 5.74) is 1.01. The van der Waals surface area contributed by atoms with E-state index in [0.717, 1.165) is 32.7 Å². The van der Waals surface area contributed by atoms with Crippen LogP contribution in [0.5, 0.6) is 5.75 Å². The number of phenols is 1. The number of halogens is 1. The highest BCUT2D eigenvalue weighted by molar-refractivity contribution is 5.98. The van der Waals surface area contributed by atoms with Gasteiger partial charge < -0.3 is 14.4 Å². The molecule has 1 saturated heterocycles. The number of hydrogen-bond acceptors (Lipinski definition) is 6. The number of aromatic hydroxyl groups is 1. The Morgan fingerprint density at radius 2 is 1.67 bits per heavy atom. The van der Waals surface area contributed by atoms with Crippen molar-refractivity contribution in [2.75, 3.05) is 32.7 Å². The number of benzene rings is 2. The molecule has 0 aliphatic carbocycles. The molecule has 158 valence electrons. The quantitative estimate of drug-likeness (QED) is 0.479. The topological polar surface area (TPSA) is 74.0 Å². The van der Waals surface area contributed by atoms with E-state index in [1.54, 1.807) is 12.1 Å². The van der Waals surface area contributed by atoms with Crippen LogP contribution in [0.1, 0.15) is 22.3 Å². The Morgan fingerprint density at radius 1 is 0.967 bits per heavy atom. The first-order valence-corrected chi connectivity index (χ1v) is 9.87. The molecule has 7 heteroatoms. The van der Waals surface area contributed by atoms with E-state index in [1.165, 1.54) is 17.7 Å². The lowest BCUT2D eigenvalue weighted by atomic mass is 10.1. The van der Waals surface area contributed by atoms with Gasteiger partial charge in [-0.1, -0.05) is 30.3 Å². The van der Waals surface area contributed by atoms with Crippen LogP contribution in [0.15, 0.2) is 63.8 Å². The first kappa shape index (κ1) is 22.0. The largest absolute Gasteiger partial charge is 0.508 e. The van der Waals surface area contributed by atoms with Crippen LogP contribution in [-0.4, -0.2) is 53.4 Å². The molecular formula is C23H25ClN2O4. The monoisotopic (exact) mass is 428 g/mol. The average Bonchev–Trinajstić information content (AvgIpc) is 2.73.